The maximum Gasteiger partial charge on any atom is 0.237 e. The van der Waals surface area contributed by atoms with Crippen molar-refractivity contribution in [1.29, 1.82) is 0 Å². The van der Waals surface area contributed by atoms with Crippen LogP contribution in [0.1, 0.15) is 60.4 Å². The van der Waals surface area contributed by atoms with Crippen LogP contribution in [0.3, 0.4) is 0 Å². The van der Waals surface area contributed by atoms with Crippen LogP contribution < -0.4 is 10.6 Å². The van der Waals surface area contributed by atoms with E-state index in [-0.39, 0.29) is 24.3 Å². The summed E-state index contributed by atoms with van der Waals surface area (Å²) in [6, 6.07) is 9.87. The summed E-state index contributed by atoms with van der Waals surface area (Å²) >= 11 is 0. The second-order valence-corrected chi connectivity index (χ2v) is 8.81. The third-order valence-corrected chi connectivity index (χ3v) is 6.75. The number of pyridine rings is 1. The van der Waals surface area contributed by atoms with Gasteiger partial charge < -0.3 is 10.6 Å². The molecule has 1 aromatic heterocycles. The first-order valence-electron chi connectivity index (χ1n) is 11.3. The SMILES string of the molecule is Cc1ccc(C(NC(=O)CC2C(=O)NCCN2C2CCCC2)c2ccncc2)cc1C. The molecule has 2 unspecified atom stereocenters. The molecule has 2 aliphatic rings. The number of hydrogen-bond acceptors (Lipinski definition) is 4. The Balaban J connectivity index is 1.54. The molecule has 4 rings (SSSR count). The largest absolute Gasteiger partial charge is 0.353 e. The van der Waals surface area contributed by atoms with E-state index in [1.54, 1.807) is 12.4 Å². The Kier molecular flexibility index (Phi) is 6.66. The van der Waals surface area contributed by atoms with Crippen molar-refractivity contribution in [2.24, 2.45) is 0 Å². The smallest absolute Gasteiger partial charge is 0.237 e. The van der Waals surface area contributed by atoms with Gasteiger partial charge in [0.25, 0.3) is 0 Å². The summed E-state index contributed by atoms with van der Waals surface area (Å²) in [4.78, 5) is 32.2. The van der Waals surface area contributed by atoms with Crippen molar-refractivity contribution >= 4 is 11.8 Å². The molecule has 164 valence electrons. The molecule has 2 fully saturated rings. The molecule has 1 aliphatic heterocycles. The second kappa shape index (κ2) is 9.60. The molecule has 0 spiro atoms. The van der Waals surface area contributed by atoms with Gasteiger partial charge in [-0.1, -0.05) is 31.0 Å². The number of hydrogen-bond donors (Lipinski definition) is 2. The zero-order valence-corrected chi connectivity index (χ0v) is 18.4. The third-order valence-electron chi connectivity index (χ3n) is 6.75. The minimum absolute atomic E-state index is 0.0278. The summed E-state index contributed by atoms with van der Waals surface area (Å²) in [6.45, 7) is 5.64. The lowest BCUT2D eigenvalue weighted by atomic mass is 9.95. The Morgan fingerprint density at radius 1 is 1.13 bits per heavy atom. The molecule has 6 nitrogen and oxygen atoms in total. The number of rotatable bonds is 6. The van der Waals surface area contributed by atoms with E-state index in [0.717, 1.165) is 30.5 Å². The number of nitrogens with one attached hydrogen (secondary N) is 2. The molecule has 1 saturated carbocycles. The number of carbonyl (C=O) groups is 2. The first kappa shape index (κ1) is 21.5. The highest BCUT2D eigenvalue weighted by Gasteiger charge is 2.37. The van der Waals surface area contributed by atoms with Crippen LogP contribution in [0.2, 0.25) is 0 Å². The number of amides is 2. The summed E-state index contributed by atoms with van der Waals surface area (Å²) in [7, 11) is 0. The topological polar surface area (TPSA) is 74.3 Å². The van der Waals surface area contributed by atoms with E-state index in [1.165, 1.54) is 24.0 Å². The predicted molar refractivity (Wildman–Crippen MR) is 121 cm³/mol. The van der Waals surface area contributed by atoms with Crippen molar-refractivity contribution in [3.63, 3.8) is 0 Å². The Labute approximate surface area is 184 Å². The van der Waals surface area contributed by atoms with Crippen molar-refractivity contribution in [2.45, 2.75) is 64.1 Å². The Hall–Kier alpha value is -2.73. The Morgan fingerprint density at radius 3 is 2.58 bits per heavy atom. The maximum absolute atomic E-state index is 13.2. The molecule has 6 heteroatoms. The van der Waals surface area contributed by atoms with Gasteiger partial charge in [0.05, 0.1) is 18.5 Å². The predicted octanol–water partition coefficient (Wildman–Crippen LogP) is 3.04. The summed E-state index contributed by atoms with van der Waals surface area (Å²) in [5.41, 5.74) is 4.41. The normalized spacial score (nSPS) is 21.0. The zero-order valence-electron chi connectivity index (χ0n) is 18.4. The van der Waals surface area contributed by atoms with E-state index >= 15 is 0 Å². The van der Waals surface area contributed by atoms with Gasteiger partial charge in [-0.25, -0.2) is 0 Å². The van der Waals surface area contributed by atoms with Crippen molar-refractivity contribution in [1.82, 2.24) is 20.5 Å². The fourth-order valence-electron chi connectivity index (χ4n) is 4.87. The molecule has 0 bridgehead atoms. The molecule has 2 aromatic rings. The fourth-order valence-corrected chi connectivity index (χ4v) is 4.87. The van der Waals surface area contributed by atoms with Gasteiger partial charge in [-0.05, 0) is 61.1 Å². The van der Waals surface area contributed by atoms with Gasteiger partial charge in [0.1, 0.15) is 0 Å². The first-order valence-corrected chi connectivity index (χ1v) is 11.3. The highest BCUT2D eigenvalue weighted by molar-refractivity contribution is 5.89. The van der Waals surface area contributed by atoms with Crippen LogP contribution in [0.15, 0.2) is 42.7 Å². The molecule has 1 saturated heterocycles. The van der Waals surface area contributed by atoms with Gasteiger partial charge in [0, 0.05) is 31.5 Å². The van der Waals surface area contributed by atoms with Crippen molar-refractivity contribution in [3.05, 3.63) is 65.0 Å². The van der Waals surface area contributed by atoms with E-state index < -0.39 is 6.04 Å². The molecule has 2 heterocycles. The number of piperazine rings is 1. The van der Waals surface area contributed by atoms with Gasteiger partial charge in [-0.15, -0.1) is 0 Å². The molecule has 1 aliphatic carbocycles. The van der Waals surface area contributed by atoms with Crippen LogP contribution in [0.5, 0.6) is 0 Å². The monoisotopic (exact) mass is 420 g/mol. The number of nitrogens with zero attached hydrogens (tertiary/aromatic N) is 2. The van der Waals surface area contributed by atoms with E-state index in [0.29, 0.717) is 12.6 Å². The van der Waals surface area contributed by atoms with Crippen molar-refractivity contribution in [2.75, 3.05) is 13.1 Å². The summed E-state index contributed by atoms with van der Waals surface area (Å²) in [5, 5.41) is 6.15. The second-order valence-electron chi connectivity index (χ2n) is 8.81. The average Bonchev–Trinajstić information content (AvgIpc) is 3.31. The molecule has 2 N–H and O–H groups in total. The van der Waals surface area contributed by atoms with Crippen LogP contribution in [0, 0.1) is 13.8 Å². The minimum Gasteiger partial charge on any atom is -0.353 e. The van der Waals surface area contributed by atoms with Gasteiger partial charge in [0.2, 0.25) is 11.8 Å². The highest BCUT2D eigenvalue weighted by Crippen LogP contribution is 2.28. The van der Waals surface area contributed by atoms with E-state index in [9.17, 15) is 9.59 Å². The Bertz CT molecular complexity index is 924. The third kappa shape index (κ3) is 4.96. The molecule has 1 aromatic carbocycles. The standard InChI is InChI=1S/C25H32N4O2/c1-17-7-8-20(15-18(17)2)24(19-9-11-26-12-10-19)28-23(30)16-22-25(31)27-13-14-29(22)21-5-3-4-6-21/h7-12,15,21-22,24H,3-6,13-14,16H2,1-2H3,(H,27,31)(H,28,30). The average molecular weight is 421 g/mol. The summed E-state index contributed by atoms with van der Waals surface area (Å²) in [6.07, 6.45) is 8.31. The van der Waals surface area contributed by atoms with Crippen LogP contribution in [-0.2, 0) is 9.59 Å². The summed E-state index contributed by atoms with van der Waals surface area (Å²) < 4.78 is 0. The van der Waals surface area contributed by atoms with E-state index in [1.807, 2.05) is 12.1 Å². The van der Waals surface area contributed by atoms with Crippen LogP contribution in [0.25, 0.3) is 0 Å². The lowest BCUT2D eigenvalue weighted by molar-refractivity contribution is -0.135. The molecule has 2 atom stereocenters. The summed E-state index contributed by atoms with van der Waals surface area (Å²) in [5.74, 6) is -0.134. The van der Waals surface area contributed by atoms with Crippen LogP contribution in [0.4, 0.5) is 0 Å². The Morgan fingerprint density at radius 2 is 1.87 bits per heavy atom. The van der Waals surface area contributed by atoms with E-state index in [4.69, 9.17) is 0 Å². The number of aryl methyl sites for hydroxylation is 2. The van der Waals surface area contributed by atoms with E-state index in [2.05, 4.69) is 52.6 Å². The highest BCUT2D eigenvalue weighted by atomic mass is 16.2. The lowest BCUT2D eigenvalue weighted by Gasteiger charge is -2.39. The van der Waals surface area contributed by atoms with Crippen molar-refractivity contribution < 1.29 is 9.59 Å². The lowest BCUT2D eigenvalue weighted by Crippen LogP contribution is -2.59. The molecular formula is C25H32N4O2. The van der Waals surface area contributed by atoms with Crippen molar-refractivity contribution in [3.8, 4) is 0 Å². The van der Waals surface area contributed by atoms with Gasteiger partial charge in [0.15, 0.2) is 0 Å². The molecular weight excluding hydrogens is 388 g/mol. The molecule has 31 heavy (non-hydrogen) atoms. The van der Waals surface area contributed by atoms with Crippen LogP contribution >= 0.6 is 0 Å². The maximum atomic E-state index is 13.2. The van der Waals surface area contributed by atoms with Gasteiger partial charge >= 0.3 is 0 Å². The minimum atomic E-state index is -0.394. The number of carbonyl (C=O) groups excluding carboxylic acids is 2. The molecule has 2 amide bonds. The molecule has 0 radical (unpaired) electrons. The number of aromatic nitrogens is 1. The number of benzene rings is 1. The first-order chi connectivity index (χ1) is 15.0. The fraction of sp³-hybridized carbons (Fsp3) is 0.480. The van der Waals surface area contributed by atoms with Gasteiger partial charge in [-0.2, -0.15) is 0 Å². The van der Waals surface area contributed by atoms with Gasteiger partial charge in [-0.3, -0.25) is 19.5 Å². The quantitative estimate of drug-likeness (QED) is 0.753. The zero-order chi connectivity index (χ0) is 21.8. The van der Waals surface area contributed by atoms with Crippen LogP contribution in [-0.4, -0.2) is 46.9 Å².